The van der Waals surface area contributed by atoms with E-state index >= 15 is 0 Å². The Morgan fingerprint density at radius 1 is 1.14 bits per heavy atom. The molecule has 0 fully saturated rings. The van der Waals surface area contributed by atoms with E-state index in [4.69, 9.17) is 44.3 Å². The zero-order valence-electron chi connectivity index (χ0n) is 11.5. The molecule has 0 unspecified atom stereocenters. The first-order valence-electron chi connectivity index (χ1n) is 6.21. The molecule has 4 nitrogen and oxygen atoms in total. The van der Waals surface area contributed by atoms with Crippen LogP contribution >= 0.6 is 34.8 Å². The minimum absolute atomic E-state index is 0.238. The molecule has 0 atom stereocenters. The van der Waals surface area contributed by atoms with Gasteiger partial charge in [0, 0.05) is 12.2 Å². The molecule has 0 radical (unpaired) electrons. The molecule has 0 aliphatic rings. The summed E-state index contributed by atoms with van der Waals surface area (Å²) in [6.45, 7) is 2.70. The Kier molecular flexibility index (Phi) is 5.65. The zero-order chi connectivity index (χ0) is 15.4. The topological polar surface area (TPSA) is 44.2 Å². The summed E-state index contributed by atoms with van der Waals surface area (Å²) in [5.74, 6) is 0.282. The highest BCUT2D eigenvalue weighted by molar-refractivity contribution is 6.43. The lowest BCUT2D eigenvalue weighted by Gasteiger charge is -2.12. The minimum Gasteiger partial charge on any atom is -0.479 e. The zero-order valence-corrected chi connectivity index (χ0v) is 13.8. The highest BCUT2D eigenvalue weighted by Gasteiger charge is 2.18. The molecule has 2 aromatic rings. The van der Waals surface area contributed by atoms with Gasteiger partial charge in [-0.3, -0.25) is 0 Å². The van der Waals surface area contributed by atoms with E-state index in [9.17, 15) is 0 Å². The number of hydrogen-bond donors (Lipinski definition) is 0. The van der Waals surface area contributed by atoms with Crippen molar-refractivity contribution in [1.29, 1.82) is 0 Å². The molecule has 0 aliphatic carbocycles. The molecule has 0 amide bonds. The molecule has 0 spiro atoms. The first kappa shape index (κ1) is 16.3. The van der Waals surface area contributed by atoms with Gasteiger partial charge in [0.15, 0.2) is 5.15 Å². The van der Waals surface area contributed by atoms with Gasteiger partial charge in [-0.25, -0.2) is 4.98 Å². The lowest BCUT2D eigenvalue weighted by atomic mass is 10.1. The molecule has 1 heterocycles. The van der Waals surface area contributed by atoms with Crippen molar-refractivity contribution >= 4 is 34.8 Å². The van der Waals surface area contributed by atoms with Gasteiger partial charge < -0.3 is 9.47 Å². The van der Waals surface area contributed by atoms with Crippen molar-refractivity contribution in [1.82, 2.24) is 9.97 Å². The number of ether oxygens (including phenoxy) is 2. The molecular formula is C14H13Cl3N2O2. The quantitative estimate of drug-likeness (QED) is 0.790. The van der Waals surface area contributed by atoms with Gasteiger partial charge in [-0.15, -0.1) is 0 Å². The maximum atomic E-state index is 6.23. The van der Waals surface area contributed by atoms with Gasteiger partial charge in [0.2, 0.25) is 5.88 Å². The van der Waals surface area contributed by atoms with E-state index in [1.807, 2.05) is 6.92 Å². The third kappa shape index (κ3) is 3.58. The van der Waals surface area contributed by atoms with Crippen molar-refractivity contribution in [2.24, 2.45) is 0 Å². The van der Waals surface area contributed by atoms with Crippen LogP contribution in [-0.4, -0.2) is 23.7 Å². The fourth-order valence-corrected chi connectivity index (χ4v) is 2.29. The van der Waals surface area contributed by atoms with Gasteiger partial charge in [0.1, 0.15) is 11.4 Å². The maximum Gasteiger partial charge on any atom is 0.241 e. The average Bonchev–Trinajstić information content (AvgIpc) is 2.48. The molecule has 2 rings (SSSR count). The second-order valence-electron chi connectivity index (χ2n) is 4.06. The Labute approximate surface area is 138 Å². The SMILES string of the molecule is CCOCc1nc(-c2cccc(Cl)c2Cl)c(OC)nc1Cl. The van der Waals surface area contributed by atoms with Crippen LogP contribution in [0.25, 0.3) is 11.3 Å². The van der Waals surface area contributed by atoms with Crippen LogP contribution < -0.4 is 4.74 Å². The number of aromatic nitrogens is 2. The molecule has 0 saturated carbocycles. The van der Waals surface area contributed by atoms with Crippen molar-refractivity contribution < 1.29 is 9.47 Å². The van der Waals surface area contributed by atoms with E-state index in [0.717, 1.165) is 0 Å². The summed E-state index contributed by atoms with van der Waals surface area (Å²) >= 11 is 18.4. The smallest absolute Gasteiger partial charge is 0.241 e. The van der Waals surface area contributed by atoms with Gasteiger partial charge in [-0.05, 0) is 13.0 Å². The van der Waals surface area contributed by atoms with Crippen LogP contribution in [0.2, 0.25) is 15.2 Å². The summed E-state index contributed by atoms with van der Waals surface area (Å²) in [6, 6.07) is 5.27. The molecule has 0 aliphatic heterocycles. The molecule has 0 saturated heterocycles. The van der Waals surface area contributed by atoms with E-state index in [-0.39, 0.29) is 17.6 Å². The lowest BCUT2D eigenvalue weighted by molar-refractivity contribution is 0.131. The highest BCUT2D eigenvalue weighted by atomic mass is 35.5. The number of rotatable bonds is 5. The predicted octanol–water partition coefficient (Wildman–Crippen LogP) is 4.65. The van der Waals surface area contributed by atoms with Gasteiger partial charge in [-0.2, -0.15) is 4.98 Å². The third-order valence-corrected chi connectivity index (χ3v) is 3.85. The molecule has 0 N–H and O–H groups in total. The van der Waals surface area contributed by atoms with Crippen molar-refractivity contribution in [3.05, 3.63) is 39.1 Å². The van der Waals surface area contributed by atoms with E-state index in [1.165, 1.54) is 7.11 Å². The van der Waals surface area contributed by atoms with E-state index in [1.54, 1.807) is 18.2 Å². The van der Waals surface area contributed by atoms with Crippen LogP contribution in [0.15, 0.2) is 18.2 Å². The third-order valence-electron chi connectivity index (χ3n) is 2.73. The van der Waals surface area contributed by atoms with Gasteiger partial charge in [-0.1, -0.05) is 46.9 Å². The standard InChI is InChI=1S/C14H13Cl3N2O2/c1-3-21-7-10-13(17)19-14(20-2)12(18-10)8-5-4-6-9(15)11(8)16/h4-6H,3,7H2,1-2H3. The van der Waals surface area contributed by atoms with Crippen LogP contribution in [0.4, 0.5) is 0 Å². The maximum absolute atomic E-state index is 6.23. The van der Waals surface area contributed by atoms with Gasteiger partial charge in [0.25, 0.3) is 0 Å². The normalized spacial score (nSPS) is 10.7. The first-order valence-corrected chi connectivity index (χ1v) is 7.34. The summed E-state index contributed by atoms with van der Waals surface area (Å²) in [6.07, 6.45) is 0. The Balaban J connectivity index is 2.57. The van der Waals surface area contributed by atoms with Crippen molar-refractivity contribution in [2.75, 3.05) is 13.7 Å². The Bertz CT molecular complexity index is 650. The van der Waals surface area contributed by atoms with Gasteiger partial charge >= 0.3 is 0 Å². The van der Waals surface area contributed by atoms with Crippen LogP contribution in [0.1, 0.15) is 12.6 Å². The molecule has 1 aromatic carbocycles. The number of methoxy groups -OCH3 is 1. The summed E-state index contributed by atoms with van der Waals surface area (Å²) in [4.78, 5) is 8.66. The second kappa shape index (κ2) is 7.27. The van der Waals surface area contributed by atoms with Crippen LogP contribution in [-0.2, 0) is 11.3 Å². The van der Waals surface area contributed by atoms with Crippen molar-refractivity contribution in [2.45, 2.75) is 13.5 Å². The van der Waals surface area contributed by atoms with Crippen LogP contribution in [0.5, 0.6) is 5.88 Å². The highest BCUT2D eigenvalue weighted by Crippen LogP contribution is 2.37. The average molecular weight is 348 g/mol. The van der Waals surface area contributed by atoms with Crippen molar-refractivity contribution in [3.63, 3.8) is 0 Å². The second-order valence-corrected chi connectivity index (χ2v) is 5.20. The van der Waals surface area contributed by atoms with E-state index < -0.39 is 0 Å². The lowest BCUT2D eigenvalue weighted by Crippen LogP contribution is -2.03. The Morgan fingerprint density at radius 3 is 2.57 bits per heavy atom. The summed E-state index contributed by atoms with van der Waals surface area (Å²) in [5, 5.41) is 1.05. The van der Waals surface area contributed by atoms with Crippen molar-refractivity contribution in [3.8, 4) is 17.1 Å². The first-order chi connectivity index (χ1) is 10.1. The molecular weight excluding hydrogens is 335 g/mol. The molecule has 112 valence electrons. The predicted molar refractivity (Wildman–Crippen MR) is 84.4 cm³/mol. The van der Waals surface area contributed by atoms with E-state index in [0.29, 0.717) is 33.6 Å². The minimum atomic E-state index is 0.238. The number of halogens is 3. The van der Waals surface area contributed by atoms with E-state index in [2.05, 4.69) is 9.97 Å². The van der Waals surface area contributed by atoms with Gasteiger partial charge in [0.05, 0.1) is 23.8 Å². The molecule has 1 aromatic heterocycles. The largest absolute Gasteiger partial charge is 0.479 e. The van der Waals surface area contributed by atoms with Crippen LogP contribution in [0, 0.1) is 0 Å². The fourth-order valence-electron chi connectivity index (χ4n) is 1.73. The molecule has 0 bridgehead atoms. The number of benzene rings is 1. The summed E-state index contributed by atoms with van der Waals surface area (Å²) in [5.41, 5.74) is 1.62. The number of hydrogen-bond acceptors (Lipinski definition) is 4. The monoisotopic (exact) mass is 346 g/mol. The number of nitrogens with zero attached hydrogens (tertiary/aromatic N) is 2. The van der Waals surface area contributed by atoms with Crippen LogP contribution in [0.3, 0.4) is 0 Å². The molecule has 7 heteroatoms. The summed E-state index contributed by atoms with van der Waals surface area (Å²) in [7, 11) is 1.49. The fraction of sp³-hybridized carbons (Fsp3) is 0.286. The summed E-state index contributed by atoms with van der Waals surface area (Å²) < 4.78 is 10.6. The molecule has 21 heavy (non-hydrogen) atoms. The Morgan fingerprint density at radius 2 is 1.90 bits per heavy atom. The Hall–Kier alpha value is -1.07.